The van der Waals surface area contributed by atoms with Gasteiger partial charge in [0.1, 0.15) is 10.7 Å². The first-order valence-electron chi connectivity index (χ1n) is 5.28. The summed E-state index contributed by atoms with van der Waals surface area (Å²) >= 11 is 2.88. The van der Waals surface area contributed by atoms with Crippen LogP contribution in [0.3, 0.4) is 0 Å². The first-order valence-corrected chi connectivity index (χ1v) is 7.55. The molecule has 2 aromatic rings. The molecule has 0 aromatic carbocycles. The molecule has 0 radical (unpaired) electrons. The third kappa shape index (κ3) is 2.99. The summed E-state index contributed by atoms with van der Waals surface area (Å²) in [6.07, 6.45) is 1.46. The number of hydrogen-bond donors (Lipinski definition) is 2. The van der Waals surface area contributed by atoms with Gasteiger partial charge in [-0.05, 0) is 40.5 Å². The number of nitrogens with zero attached hydrogens (tertiary/aromatic N) is 1. The van der Waals surface area contributed by atoms with Gasteiger partial charge in [0.15, 0.2) is 4.67 Å². The Balaban J connectivity index is 2.38. The van der Waals surface area contributed by atoms with E-state index in [1.54, 1.807) is 19.1 Å². The number of sulfonamides is 1. The van der Waals surface area contributed by atoms with Gasteiger partial charge in [0.05, 0.1) is 0 Å². The Morgan fingerprint density at radius 2 is 2.15 bits per heavy atom. The highest BCUT2D eigenvalue weighted by Crippen LogP contribution is 2.27. The van der Waals surface area contributed by atoms with Crippen molar-refractivity contribution in [2.75, 3.05) is 4.72 Å². The van der Waals surface area contributed by atoms with E-state index in [0.29, 0.717) is 0 Å². The van der Waals surface area contributed by atoms with Crippen LogP contribution in [0.1, 0.15) is 16.1 Å². The second kappa shape index (κ2) is 5.25. The largest absolute Gasteiger partial charge is 0.475 e. The normalized spacial score (nSPS) is 11.3. The molecule has 0 aliphatic rings. The lowest BCUT2D eigenvalue weighted by Crippen LogP contribution is -2.13. The van der Waals surface area contributed by atoms with Crippen LogP contribution in [-0.4, -0.2) is 24.5 Å². The molecule has 0 unspecified atom stereocenters. The molecule has 0 amide bonds. The van der Waals surface area contributed by atoms with Crippen molar-refractivity contribution in [2.45, 2.75) is 11.8 Å². The van der Waals surface area contributed by atoms with Crippen molar-refractivity contribution in [3.63, 3.8) is 0 Å². The fourth-order valence-corrected chi connectivity index (χ4v) is 3.37. The van der Waals surface area contributed by atoms with Crippen LogP contribution in [0.15, 0.2) is 38.4 Å². The van der Waals surface area contributed by atoms with Crippen LogP contribution in [0.5, 0.6) is 0 Å². The van der Waals surface area contributed by atoms with Gasteiger partial charge in [0, 0.05) is 12.3 Å². The molecular formula is C11H9BrN2O5S. The second-order valence-corrected chi connectivity index (χ2v) is 6.25. The smallest absolute Gasteiger partial charge is 0.371 e. The maximum atomic E-state index is 12.1. The van der Waals surface area contributed by atoms with E-state index in [0.717, 1.165) is 11.6 Å². The summed E-state index contributed by atoms with van der Waals surface area (Å²) in [5.41, 5.74) is 0.829. The summed E-state index contributed by atoms with van der Waals surface area (Å²) in [6.45, 7) is 1.79. The number of anilines is 1. The zero-order chi connectivity index (χ0) is 14.9. The van der Waals surface area contributed by atoms with Crippen molar-refractivity contribution in [1.82, 2.24) is 4.98 Å². The molecular weight excluding hydrogens is 352 g/mol. The van der Waals surface area contributed by atoms with E-state index in [2.05, 4.69) is 25.6 Å². The summed E-state index contributed by atoms with van der Waals surface area (Å²) in [6, 6.07) is 4.18. The number of hydrogen-bond acceptors (Lipinski definition) is 5. The maximum absolute atomic E-state index is 12.1. The Bertz CT molecular complexity index is 769. The molecule has 0 bridgehead atoms. The predicted molar refractivity (Wildman–Crippen MR) is 73.1 cm³/mol. The first-order chi connectivity index (χ1) is 9.29. The average molecular weight is 361 g/mol. The van der Waals surface area contributed by atoms with Gasteiger partial charge in [0.25, 0.3) is 10.0 Å². The standard InChI is InChI=1S/C11H9BrN2O5S/c1-6-2-3-13-9(4-6)14-20(17,18)8-5-7(11(15)16)19-10(8)12/h2-5H,1H3,(H,13,14)(H,15,16). The zero-order valence-corrected chi connectivity index (χ0v) is 12.5. The number of nitrogens with one attached hydrogen (secondary N) is 1. The number of pyridine rings is 1. The number of halogens is 1. The van der Waals surface area contributed by atoms with E-state index in [9.17, 15) is 13.2 Å². The SMILES string of the molecule is Cc1ccnc(NS(=O)(=O)c2cc(C(=O)O)oc2Br)c1. The lowest BCUT2D eigenvalue weighted by atomic mass is 10.3. The lowest BCUT2D eigenvalue weighted by molar-refractivity contribution is 0.0661. The molecule has 2 rings (SSSR count). The molecule has 0 saturated carbocycles. The van der Waals surface area contributed by atoms with Gasteiger partial charge in [-0.25, -0.2) is 18.2 Å². The molecule has 2 heterocycles. The Kier molecular flexibility index (Phi) is 3.82. The fourth-order valence-electron chi connectivity index (χ4n) is 1.43. The van der Waals surface area contributed by atoms with Crippen LogP contribution in [0.4, 0.5) is 5.82 Å². The summed E-state index contributed by atoms with van der Waals surface area (Å²) in [5.74, 6) is -1.70. The highest BCUT2D eigenvalue weighted by Gasteiger charge is 2.25. The van der Waals surface area contributed by atoms with Crippen LogP contribution in [0, 0.1) is 6.92 Å². The molecule has 0 fully saturated rings. The summed E-state index contributed by atoms with van der Waals surface area (Å²) < 4.78 is 31.1. The summed E-state index contributed by atoms with van der Waals surface area (Å²) in [4.78, 5) is 14.3. The van der Waals surface area contributed by atoms with E-state index >= 15 is 0 Å². The molecule has 106 valence electrons. The van der Waals surface area contributed by atoms with Crippen molar-refractivity contribution in [1.29, 1.82) is 0 Å². The Morgan fingerprint density at radius 3 is 2.70 bits per heavy atom. The Hall–Kier alpha value is -1.87. The Morgan fingerprint density at radius 1 is 1.45 bits per heavy atom. The number of carbonyl (C=O) groups is 1. The molecule has 0 atom stereocenters. The fraction of sp³-hybridized carbons (Fsp3) is 0.0909. The van der Waals surface area contributed by atoms with E-state index in [1.165, 1.54) is 6.20 Å². The minimum Gasteiger partial charge on any atom is -0.475 e. The van der Waals surface area contributed by atoms with E-state index in [1.807, 2.05) is 0 Å². The van der Waals surface area contributed by atoms with Gasteiger partial charge in [0.2, 0.25) is 5.76 Å². The third-order valence-corrected chi connectivity index (χ3v) is 4.52. The van der Waals surface area contributed by atoms with Gasteiger partial charge in [-0.1, -0.05) is 0 Å². The first kappa shape index (κ1) is 14.5. The molecule has 0 aliphatic heterocycles. The topological polar surface area (TPSA) is 110 Å². The van der Waals surface area contributed by atoms with E-state index < -0.39 is 21.8 Å². The van der Waals surface area contributed by atoms with Gasteiger partial charge in [-0.15, -0.1) is 0 Å². The van der Waals surface area contributed by atoms with E-state index in [4.69, 9.17) is 9.52 Å². The number of aromatic carboxylic acids is 1. The molecule has 2 aromatic heterocycles. The monoisotopic (exact) mass is 360 g/mol. The van der Waals surface area contributed by atoms with Crippen molar-refractivity contribution >= 4 is 37.7 Å². The number of furan rings is 1. The molecule has 7 nitrogen and oxygen atoms in total. The molecule has 9 heteroatoms. The summed E-state index contributed by atoms with van der Waals surface area (Å²) in [7, 11) is -3.99. The minimum atomic E-state index is -3.99. The quantitative estimate of drug-likeness (QED) is 0.864. The highest BCUT2D eigenvalue weighted by atomic mass is 79.9. The predicted octanol–water partition coefficient (Wildman–Crippen LogP) is 2.24. The van der Waals surface area contributed by atoms with Gasteiger partial charge in [-0.2, -0.15) is 0 Å². The molecule has 0 saturated heterocycles. The zero-order valence-electron chi connectivity index (χ0n) is 10.1. The number of carboxylic acid groups (broad SMARTS) is 1. The van der Waals surface area contributed by atoms with E-state index in [-0.39, 0.29) is 15.4 Å². The van der Waals surface area contributed by atoms with Crippen LogP contribution in [-0.2, 0) is 10.0 Å². The van der Waals surface area contributed by atoms with Crippen molar-refractivity contribution in [3.05, 3.63) is 40.4 Å². The van der Waals surface area contributed by atoms with Crippen LogP contribution < -0.4 is 4.72 Å². The van der Waals surface area contributed by atoms with Gasteiger partial charge >= 0.3 is 5.97 Å². The molecule has 0 aliphatic carbocycles. The van der Waals surface area contributed by atoms with Crippen LogP contribution in [0.25, 0.3) is 0 Å². The third-order valence-electron chi connectivity index (χ3n) is 2.31. The molecule has 0 spiro atoms. The molecule has 2 N–H and O–H groups in total. The number of aromatic nitrogens is 1. The average Bonchev–Trinajstić information content (AvgIpc) is 2.71. The van der Waals surface area contributed by atoms with Gasteiger partial charge in [-0.3, -0.25) is 4.72 Å². The van der Waals surface area contributed by atoms with Crippen molar-refractivity contribution in [2.24, 2.45) is 0 Å². The van der Waals surface area contributed by atoms with Crippen LogP contribution >= 0.6 is 15.9 Å². The lowest BCUT2D eigenvalue weighted by Gasteiger charge is -2.05. The highest BCUT2D eigenvalue weighted by molar-refractivity contribution is 9.10. The van der Waals surface area contributed by atoms with Crippen molar-refractivity contribution < 1.29 is 22.7 Å². The van der Waals surface area contributed by atoms with Crippen LogP contribution in [0.2, 0.25) is 0 Å². The minimum absolute atomic E-state index is 0.134. The number of rotatable bonds is 4. The maximum Gasteiger partial charge on any atom is 0.371 e. The Labute approximate surface area is 122 Å². The second-order valence-electron chi connectivity index (χ2n) is 3.88. The number of aryl methyl sites for hydroxylation is 1. The van der Waals surface area contributed by atoms with Gasteiger partial charge < -0.3 is 9.52 Å². The number of carboxylic acids is 1. The van der Waals surface area contributed by atoms with Crippen molar-refractivity contribution in [3.8, 4) is 0 Å². The summed E-state index contributed by atoms with van der Waals surface area (Å²) in [5, 5.41) is 8.77. The molecule has 20 heavy (non-hydrogen) atoms.